The minimum atomic E-state index is -2.95. The van der Waals surface area contributed by atoms with Gasteiger partial charge < -0.3 is 14.8 Å². The molecule has 1 N–H and O–H groups in total. The van der Waals surface area contributed by atoms with Crippen molar-refractivity contribution in [1.82, 2.24) is 10.2 Å². The minimum absolute atomic E-state index is 0.00359. The lowest BCUT2D eigenvalue weighted by atomic mass is 9.92. The van der Waals surface area contributed by atoms with Gasteiger partial charge in [0.05, 0.1) is 18.2 Å². The molecule has 0 radical (unpaired) electrons. The average molecular weight is 401 g/mol. The molecule has 1 saturated heterocycles. The zero-order valence-electron chi connectivity index (χ0n) is 15.4. The van der Waals surface area contributed by atoms with E-state index in [0.29, 0.717) is 16.9 Å². The van der Waals surface area contributed by atoms with Gasteiger partial charge in [0, 0.05) is 0 Å². The smallest absolute Gasteiger partial charge is 0.387 e. The van der Waals surface area contributed by atoms with Crippen LogP contribution >= 0.6 is 0 Å². The van der Waals surface area contributed by atoms with Crippen molar-refractivity contribution < 1.29 is 27.8 Å². The van der Waals surface area contributed by atoms with Gasteiger partial charge in [0.1, 0.15) is 23.6 Å². The molecule has 9 heteroatoms. The van der Waals surface area contributed by atoms with Crippen molar-refractivity contribution in [2.24, 2.45) is 0 Å². The van der Waals surface area contributed by atoms with Gasteiger partial charge in [0.2, 0.25) is 0 Å². The molecular formula is C20H17F2N3O4. The number of hydrogen-bond acceptors (Lipinski definition) is 5. The summed E-state index contributed by atoms with van der Waals surface area (Å²) in [6.07, 6.45) is 0. The minimum Gasteiger partial charge on any atom is -0.492 e. The molecule has 2 aromatic rings. The third-order valence-electron chi connectivity index (χ3n) is 4.48. The van der Waals surface area contributed by atoms with Crippen LogP contribution in [0, 0.1) is 11.3 Å². The van der Waals surface area contributed by atoms with Gasteiger partial charge in [-0.05, 0) is 42.8 Å². The molecule has 3 amide bonds. The van der Waals surface area contributed by atoms with Crippen molar-refractivity contribution in [3.63, 3.8) is 0 Å². The molecule has 1 heterocycles. The maximum atomic E-state index is 12.8. The highest BCUT2D eigenvalue weighted by atomic mass is 19.3. The largest absolute Gasteiger partial charge is 0.492 e. The highest BCUT2D eigenvalue weighted by Crippen LogP contribution is 2.30. The van der Waals surface area contributed by atoms with Crippen LogP contribution < -0.4 is 14.8 Å². The van der Waals surface area contributed by atoms with E-state index in [2.05, 4.69) is 10.1 Å². The van der Waals surface area contributed by atoms with Crippen molar-refractivity contribution in [3.8, 4) is 17.6 Å². The van der Waals surface area contributed by atoms with Crippen molar-refractivity contribution in [1.29, 1.82) is 5.26 Å². The van der Waals surface area contributed by atoms with E-state index in [1.54, 1.807) is 24.3 Å². The second kappa shape index (κ2) is 8.14. The zero-order valence-corrected chi connectivity index (χ0v) is 15.4. The number of halogens is 2. The summed E-state index contributed by atoms with van der Waals surface area (Å²) >= 11 is 0. The number of urea groups is 1. The molecule has 150 valence electrons. The maximum Gasteiger partial charge on any atom is 0.387 e. The first kappa shape index (κ1) is 20.1. The van der Waals surface area contributed by atoms with Crippen LogP contribution in [0.3, 0.4) is 0 Å². The van der Waals surface area contributed by atoms with E-state index in [-0.39, 0.29) is 18.9 Å². The summed E-state index contributed by atoms with van der Waals surface area (Å²) in [6, 6.07) is 13.4. The molecule has 3 rings (SSSR count). The standard InChI is InChI=1S/C20H17F2N3O4/c1-20(14-5-7-15(8-6-14)29-18(21)22)17(26)25(19(27)24-20)9-10-28-16-4-2-3-13(11-16)12-23/h2-8,11,18H,9-10H2,1H3,(H,24,27)/t20-/m0/s1. The van der Waals surface area contributed by atoms with Crippen LogP contribution in [0.1, 0.15) is 18.1 Å². The molecule has 29 heavy (non-hydrogen) atoms. The SMILES string of the molecule is C[C@@]1(c2ccc(OC(F)F)cc2)NC(=O)N(CCOc2cccc(C#N)c2)C1=O. The lowest BCUT2D eigenvalue weighted by Gasteiger charge is -2.22. The van der Waals surface area contributed by atoms with E-state index in [1.807, 2.05) is 6.07 Å². The Morgan fingerprint density at radius 2 is 1.90 bits per heavy atom. The predicted molar refractivity (Wildman–Crippen MR) is 97.3 cm³/mol. The number of benzene rings is 2. The van der Waals surface area contributed by atoms with Crippen LogP contribution in [-0.4, -0.2) is 36.6 Å². The molecule has 0 spiro atoms. The molecular weight excluding hydrogens is 384 g/mol. The Balaban J connectivity index is 1.66. The topological polar surface area (TPSA) is 91.7 Å². The number of carbonyl (C=O) groups excluding carboxylic acids is 2. The van der Waals surface area contributed by atoms with Gasteiger partial charge in [-0.1, -0.05) is 18.2 Å². The highest BCUT2D eigenvalue weighted by molar-refractivity contribution is 6.07. The van der Waals surface area contributed by atoms with Crippen LogP contribution in [0.5, 0.6) is 11.5 Å². The fraction of sp³-hybridized carbons (Fsp3) is 0.250. The summed E-state index contributed by atoms with van der Waals surface area (Å²) in [4.78, 5) is 26.2. The van der Waals surface area contributed by atoms with E-state index in [4.69, 9.17) is 10.00 Å². The lowest BCUT2D eigenvalue weighted by molar-refractivity contribution is -0.131. The fourth-order valence-electron chi connectivity index (χ4n) is 2.98. The molecule has 0 bridgehead atoms. The monoisotopic (exact) mass is 401 g/mol. The van der Waals surface area contributed by atoms with Crippen molar-refractivity contribution in [2.75, 3.05) is 13.2 Å². The van der Waals surface area contributed by atoms with Crippen LogP contribution in [-0.2, 0) is 10.3 Å². The van der Waals surface area contributed by atoms with Gasteiger partial charge in [0.15, 0.2) is 0 Å². The van der Waals surface area contributed by atoms with Crippen molar-refractivity contribution in [2.45, 2.75) is 19.1 Å². The van der Waals surface area contributed by atoms with Gasteiger partial charge >= 0.3 is 12.6 Å². The number of ether oxygens (including phenoxy) is 2. The van der Waals surface area contributed by atoms with Gasteiger partial charge in [-0.15, -0.1) is 0 Å². The molecule has 0 unspecified atom stereocenters. The number of alkyl halides is 2. The van der Waals surface area contributed by atoms with E-state index in [9.17, 15) is 18.4 Å². The molecule has 1 atom stereocenters. The molecule has 1 fully saturated rings. The Hall–Kier alpha value is -3.67. The number of rotatable bonds is 7. The van der Waals surface area contributed by atoms with Gasteiger partial charge in [-0.2, -0.15) is 14.0 Å². The number of nitrogens with one attached hydrogen (secondary N) is 1. The Kier molecular flexibility index (Phi) is 5.64. The van der Waals surface area contributed by atoms with Gasteiger partial charge in [-0.25, -0.2) is 4.79 Å². The third-order valence-corrected chi connectivity index (χ3v) is 4.48. The Morgan fingerprint density at radius 1 is 1.17 bits per heavy atom. The number of hydrogen-bond donors (Lipinski definition) is 1. The van der Waals surface area contributed by atoms with Crippen LogP contribution in [0.2, 0.25) is 0 Å². The van der Waals surface area contributed by atoms with E-state index in [1.165, 1.54) is 31.2 Å². The first-order valence-electron chi connectivity index (χ1n) is 8.66. The Bertz CT molecular complexity index is 959. The van der Waals surface area contributed by atoms with E-state index in [0.717, 1.165) is 4.90 Å². The normalized spacial score (nSPS) is 18.5. The summed E-state index contributed by atoms with van der Waals surface area (Å²) in [6.45, 7) is -1.36. The highest BCUT2D eigenvalue weighted by Gasteiger charge is 2.48. The predicted octanol–water partition coefficient (Wildman–Crippen LogP) is 3.01. The molecule has 0 aliphatic carbocycles. The zero-order chi connectivity index (χ0) is 21.0. The molecule has 0 aromatic heterocycles. The second-order valence-corrected chi connectivity index (χ2v) is 6.40. The van der Waals surface area contributed by atoms with Gasteiger partial charge in [0.25, 0.3) is 5.91 Å². The first-order chi connectivity index (χ1) is 13.8. The van der Waals surface area contributed by atoms with Crippen LogP contribution in [0.25, 0.3) is 0 Å². The summed E-state index contributed by atoms with van der Waals surface area (Å²) in [5, 5.41) is 11.5. The average Bonchev–Trinajstić information content (AvgIpc) is 2.92. The summed E-state index contributed by atoms with van der Waals surface area (Å²) < 4.78 is 34.4. The third kappa shape index (κ3) is 4.27. The molecule has 0 saturated carbocycles. The summed E-state index contributed by atoms with van der Waals surface area (Å²) in [5.41, 5.74) is -0.465. The lowest BCUT2D eigenvalue weighted by Crippen LogP contribution is -2.41. The molecule has 1 aliphatic heterocycles. The maximum absolute atomic E-state index is 12.8. The number of imide groups is 1. The van der Waals surface area contributed by atoms with Gasteiger partial charge in [-0.3, -0.25) is 9.69 Å². The fourth-order valence-corrected chi connectivity index (χ4v) is 2.98. The Labute approximate surface area is 165 Å². The molecule has 1 aliphatic rings. The summed E-state index contributed by atoms with van der Waals surface area (Å²) in [5.74, 6) is -0.0816. The van der Waals surface area contributed by atoms with E-state index >= 15 is 0 Å². The van der Waals surface area contributed by atoms with Crippen molar-refractivity contribution in [3.05, 3.63) is 59.7 Å². The number of carbonyl (C=O) groups is 2. The first-order valence-corrected chi connectivity index (χ1v) is 8.66. The number of nitriles is 1. The van der Waals surface area contributed by atoms with Crippen molar-refractivity contribution >= 4 is 11.9 Å². The van der Waals surface area contributed by atoms with Crippen LogP contribution in [0.15, 0.2) is 48.5 Å². The van der Waals surface area contributed by atoms with E-state index < -0.39 is 24.1 Å². The number of amides is 3. The van der Waals surface area contributed by atoms with Crippen LogP contribution in [0.4, 0.5) is 13.6 Å². The molecule has 7 nitrogen and oxygen atoms in total. The summed E-state index contributed by atoms with van der Waals surface area (Å²) in [7, 11) is 0. The molecule has 2 aromatic carbocycles. The second-order valence-electron chi connectivity index (χ2n) is 6.40. The Morgan fingerprint density at radius 3 is 2.55 bits per heavy atom. The quantitative estimate of drug-likeness (QED) is 0.720. The number of nitrogens with zero attached hydrogens (tertiary/aromatic N) is 2.